The molecule has 0 amide bonds. The molecule has 0 bridgehead atoms. The van der Waals surface area contributed by atoms with Crippen LogP contribution in [-0.4, -0.2) is 14.0 Å². The summed E-state index contributed by atoms with van der Waals surface area (Å²) in [5, 5.41) is 5.36. The Morgan fingerprint density at radius 3 is 1.69 bits per heavy atom. The summed E-state index contributed by atoms with van der Waals surface area (Å²) in [7, 11) is -2.29. The third-order valence-corrected chi connectivity index (χ3v) is 11.7. The molecule has 0 aromatic heterocycles. The number of hydrogen-bond donors (Lipinski definition) is 0. The molecule has 5 rings (SSSR count). The lowest BCUT2D eigenvalue weighted by Gasteiger charge is -2.31. The van der Waals surface area contributed by atoms with Crippen molar-refractivity contribution in [2.24, 2.45) is 0 Å². The molecule has 0 saturated carbocycles. The number of esters is 1. The Hall–Kier alpha value is -3.76. The van der Waals surface area contributed by atoms with E-state index in [1.807, 2.05) is 43.3 Å². The van der Waals surface area contributed by atoms with E-state index < -0.39 is 14.2 Å². The number of carbonyl (C=O) groups excluding carboxylic acids is 1. The second kappa shape index (κ2) is 9.71. The van der Waals surface area contributed by atoms with Crippen molar-refractivity contribution in [3.05, 3.63) is 126 Å². The zero-order valence-electron chi connectivity index (χ0n) is 20.7. The molecule has 5 aromatic rings. The summed E-state index contributed by atoms with van der Waals surface area (Å²) in [6.45, 7) is 6.22. The van der Waals surface area contributed by atoms with Gasteiger partial charge >= 0.3 is 5.97 Å². The van der Waals surface area contributed by atoms with Crippen molar-refractivity contribution < 1.29 is 13.9 Å². The third-order valence-electron chi connectivity index (χ3n) is 7.47. The molecule has 0 aliphatic carbocycles. The largest absolute Gasteiger partial charge is 0.452 e. The van der Waals surface area contributed by atoms with Gasteiger partial charge in [0.25, 0.3) is 0 Å². The van der Waals surface area contributed by atoms with Gasteiger partial charge in [-0.15, -0.1) is 0 Å². The van der Waals surface area contributed by atoms with E-state index >= 15 is 0 Å². The molecule has 36 heavy (non-hydrogen) atoms. The molecule has 0 spiro atoms. The second-order valence-electron chi connectivity index (χ2n) is 9.90. The molecule has 0 radical (unpaired) electrons. The van der Waals surface area contributed by atoms with Crippen LogP contribution in [0.2, 0.25) is 18.6 Å². The average Bonchev–Trinajstić information content (AvgIpc) is 2.91. The van der Waals surface area contributed by atoms with Gasteiger partial charge in [-0.2, -0.15) is 0 Å². The highest BCUT2D eigenvalue weighted by molar-refractivity contribution is 6.93. The Labute approximate surface area is 212 Å². The first-order valence-corrected chi connectivity index (χ1v) is 15.4. The first-order chi connectivity index (χ1) is 17.4. The summed E-state index contributed by atoms with van der Waals surface area (Å²) in [5.74, 6) is -0.507. The van der Waals surface area contributed by atoms with E-state index in [0.29, 0.717) is 0 Å². The number of carbonyl (C=O) groups is 1. The predicted molar refractivity (Wildman–Crippen MR) is 149 cm³/mol. The van der Waals surface area contributed by atoms with Crippen molar-refractivity contribution in [2.75, 3.05) is 0 Å². The van der Waals surface area contributed by atoms with Crippen LogP contribution in [-0.2, 0) is 9.53 Å². The van der Waals surface area contributed by atoms with Crippen molar-refractivity contribution in [3.63, 3.8) is 0 Å². The molecular weight excluding hydrogens is 463 g/mol. The van der Waals surface area contributed by atoms with Gasteiger partial charge in [0.2, 0.25) is 0 Å². The molecule has 1 unspecified atom stereocenters. The van der Waals surface area contributed by atoms with Crippen molar-refractivity contribution in [2.45, 2.75) is 31.7 Å². The highest BCUT2D eigenvalue weighted by Gasteiger charge is 2.38. The molecule has 5 aromatic carbocycles. The molecule has 0 saturated heterocycles. The van der Waals surface area contributed by atoms with Crippen LogP contribution in [0, 0.1) is 5.82 Å². The topological polar surface area (TPSA) is 26.3 Å². The normalized spacial score (nSPS) is 12.7. The highest BCUT2D eigenvalue weighted by Crippen LogP contribution is 2.37. The van der Waals surface area contributed by atoms with E-state index in [9.17, 15) is 9.18 Å². The molecule has 4 heteroatoms. The third kappa shape index (κ3) is 4.45. The molecule has 180 valence electrons. The van der Waals surface area contributed by atoms with Gasteiger partial charge < -0.3 is 4.74 Å². The molecule has 0 heterocycles. The minimum absolute atomic E-state index is 0.234. The van der Waals surface area contributed by atoms with Crippen LogP contribution in [0.4, 0.5) is 4.39 Å². The van der Waals surface area contributed by atoms with Crippen LogP contribution in [0.15, 0.2) is 109 Å². The number of ether oxygens (including phenoxy) is 1. The van der Waals surface area contributed by atoms with E-state index in [4.69, 9.17) is 4.74 Å². The Morgan fingerprint density at radius 1 is 0.694 bits per heavy atom. The molecule has 1 atom stereocenters. The summed E-state index contributed by atoms with van der Waals surface area (Å²) in [6.07, 6.45) is -0.560. The van der Waals surface area contributed by atoms with Crippen molar-refractivity contribution >= 4 is 40.8 Å². The van der Waals surface area contributed by atoms with Gasteiger partial charge in [0.15, 0.2) is 6.10 Å². The summed E-state index contributed by atoms with van der Waals surface area (Å²) in [4.78, 5) is 13.8. The van der Waals surface area contributed by atoms with Gasteiger partial charge in [-0.05, 0) is 33.7 Å². The minimum Gasteiger partial charge on any atom is -0.452 e. The number of hydrogen-bond acceptors (Lipinski definition) is 2. The van der Waals surface area contributed by atoms with Crippen LogP contribution in [0.5, 0.6) is 0 Å². The van der Waals surface area contributed by atoms with Crippen LogP contribution in [0.1, 0.15) is 24.2 Å². The molecule has 2 nitrogen and oxygen atoms in total. The van der Waals surface area contributed by atoms with Gasteiger partial charge in [-0.25, -0.2) is 4.39 Å². The maximum absolute atomic E-state index is 13.8. The lowest BCUT2D eigenvalue weighted by Crippen LogP contribution is -2.48. The van der Waals surface area contributed by atoms with E-state index in [0.717, 1.165) is 37.9 Å². The van der Waals surface area contributed by atoms with Crippen molar-refractivity contribution in [3.8, 4) is 0 Å². The van der Waals surface area contributed by atoms with E-state index in [1.54, 1.807) is 12.1 Å². The number of rotatable bonds is 6. The van der Waals surface area contributed by atoms with E-state index in [-0.39, 0.29) is 17.3 Å². The fraction of sp³-hybridized carbons (Fsp3) is 0.156. The van der Waals surface area contributed by atoms with E-state index in [1.165, 1.54) is 12.1 Å². The first-order valence-electron chi connectivity index (χ1n) is 12.3. The van der Waals surface area contributed by atoms with Gasteiger partial charge in [0.1, 0.15) is 5.82 Å². The highest BCUT2D eigenvalue weighted by atomic mass is 28.3. The molecule has 0 N–H and O–H groups in total. The first kappa shape index (κ1) is 24.0. The van der Waals surface area contributed by atoms with Crippen LogP contribution < -0.4 is 5.19 Å². The van der Waals surface area contributed by atoms with Gasteiger partial charge in [-0.3, -0.25) is 4.79 Å². The summed E-state index contributed by atoms with van der Waals surface area (Å²) < 4.78 is 20.0. The number of halogens is 1. The van der Waals surface area contributed by atoms with Gasteiger partial charge in [-0.1, -0.05) is 122 Å². The summed E-state index contributed by atoms with van der Waals surface area (Å²) in [5.41, 5.74) is 1.60. The monoisotopic (exact) mass is 492 g/mol. The van der Waals surface area contributed by atoms with Crippen LogP contribution in [0.25, 0.3) is 21.5 Å². The average molecular weight is 493 g/mol. The zero-order chi connectivity index (χ0) is 25.3. The number of benzene rings is 5. The quantitative estimate of drug-likeness (QED) is 0.179. The number of fused-ring (bicyclic) bond motifs is 2. The summed E-state index contributed by atoms with van der Waals surface area (Å²) in [6, 6.07) is 35.2. The second-order valence-corrected chi connectivity index (χ2v) is 14.8. The smallest absolute Gasteiger partial charge is 0.307 e. The fourth-order valence-electron chi connectivity index (χ4n) is 4.89. The fourth-order valence-corrected chi connectivity index (χ4v) is 7.08. The lowest BCUT2D eigenvalue weighted by atomic mass is 9.92. The van der Waals surface area contributed by atoms with Crippen LogP contribution in [0.3, 0.4) is 0 Å². The predicted octanol–water partition coefficient (Wildman–Crippen LogP) is 7.77. The zero-order valence-corrected chi connectivity index (χ0v) is 21.7. The molecule has 0 aliphatic rings. The minimum atomic E-state index is -2.29. The molecule has 0 aliphatic heterocycles. The molecular formula is C32H29FO2Si. The summed E-state index contributed by atoms with van der Waals surface area (Å²) >= 11 is 0. The molecule has 0 fully saturated rings. The van der Waals surface area contributed by atoms with Gasteiger partial charge in [0.05, 0.1) is 13.6 Å². The maximum atomic E-state index is 13.8. The Morgan fingerprint density at radius 2 is 1.17 bits per heavy atom. The Kier molecular flexibility index (Phi) is 6.46. The van der Waals surface area contributed by atoms with Crippen molar-refractivity contribution in [1.29, 1.82) is 0 Å². The Balaban J connectivity index is 1.60. The van der Waals surface area contributed by atoms with Gasteiger partial charge in [0, 0.05) is 11.1 Å². The van der Waals surface area contributed by atoms with Crippen molar-refractivity contribution in [1.82, 2.24) is 0 Å². The maximum Gasteiger partial charge on any atom is 0.307 e. The standard InChI is InChI=1S/C32H29FO2Si/c1-22(36(2,3)26-20-18-25(33)19-21-26)32(34)35-31(29-16-8-12-23-10-4-6-14-27(23)29)30-17-9-13-24-11-5-7-15-28(24)30/h4-22,31H,1-3H3. The van der Waals surface area contributed by atoms with Crippen LogP contribution >= 0.6 is 0 Å². The Bertz CT molecular complexity index is 1450. The SMILES string of the molecule is CC(C(=O)OC(c1cccc2ccccc12)c1cccc2ccccc12)[Si](C)(C)c1ccc(F)cc1. The van der Waals surface area contributed by atoms with E-state index in [2.05, 4.69) is 61.6 Å². The lowest BCUT2D eigenvalue weighted by molar-refractivity contribution is -0.147.